The van der Waals surface area contributed by atoms with Gasteiger partial charge in [-0.25, -0.2) is 4.98 Å². The summed E-state index contributed by atoms with van der Waals surface area (Å²) in [4.78, 5) is 4.14. The van der Waals surface area contributed by atoms with Crippen LogP contribution in [0.3, 0.4) is 0 Å². The number of hydrogen-bond acceptors (Lipinski definition) is 4. The Morgan fingerprint density at radius 1 is 1.56 bits per heavy atom. The van der Waals surface area contributed by atoms with Gasteiger partial charge in [0, 0.05) is 36.9 Å². The summed E-state index contributed by atoms with van der Waals surface area (Å²) < 4.78 is 4.99. The van der Waals surface area contributed by atoms with Crippen LogP contribution >= 0.6 is 11.8 Å². The highest BCUT2D eigenvalue weighted by atomic mass is 32.2. The summed E-state index contributed by atoms with van der Waals surface area (Å²) in [7, 11) is 1.62. The molecule has 0 aromatic carbocycles. The van der Waals surface area contributed by atoms with Crippen molar-refractivity contribution in [2.75, 3.05) is 25.2 Å². The molecule has 1 aromatic rings. The molecule has 1 heterocycles. The zero-order valence-electron chi connectivity index (χ0n) is 9.61. The number of thioether (sulfide) groups is 1. The van der Waals surface area contributed by atoms with Crippen molar-refractivity contribution in [3.8, 4) is 5.88 Å². The molecule has 0 aliphatic heterocycles. The van der Waals surface area contributed by atoms with Gasteiger partial charge in [0.1, 0.15) is 0 Å². The molecule has 0 aliphatic carbocycles. The highest BCUT2D eigenvalue weighted by Gasteiger charge is 1.95. The highest BCUT2D eigenvalue weighted by molar-refractivity contribution is 7.99. The molecule has 0 amide bonds. The Balaban J connectivity index is 2.14. The van der Waals surface area contributed by atoms with Crippen LogP contribution in [0.25, 0.3) is 0 Å². The van der Waals surface area contributed by atoms with Gasteiger partial charge in [0.2, 0.25) is 5.88 Å². The van der Waals surface area contributed by atoms with Gasteiger partial charge in [-0.3, -0.25) is 0 Å². The van der Waals surface area contributed by atoms with Gasteiger partial charge in [0.05, 0.1) is 7.11 Å². The number of aromatic nitrogens is 1. The van der Waals surface area contributed by atoms with Gasteiger partial charge in [-0.15, -0.1) is 6.58 Å². The molecular weight excluding hydrogens is 220 g/mol. The fourth-order valence-electron chi connectivity index (χ4n) is 1.18. The minimum atomic E-state index is 0.658. The van der Waals surface area contributed by atoms with Crippen molar-refractivity contribution in [1.82, 2.24) is 10.3 Å². The van der Waals surface area contributed by atoms with Gasteiger partial charge in [0.25, 0.3) is 0 Å². The molecular formula is C12H18N2OS. The number of nitrogens with zero attached hydrogens (tertiary/aromatic N) is 1. The van der Waals surface area contributed by atoms with Crippen LogP contribution in [-0.2, 0) is 6.54 Å². The van der Waals surface area contributed by atoms with Gasteiger partial charge < -0.3 is 10.1 Å². The number of methoxy groups -OCH3 is 1. The third-order valence-corrected chi connectivity index (χ3v) is 2.96. The van der Waals surface area contributed by atoms with Crippen molar-refractivity contribution >= 4 is 11.8 Å². The number of nitrogens with one attached hydrogen (secondary N) is 1. The topological polar surface area (TPSA) is 34.1 Å². The van der Waals surface area contributed by atoms with E-state index < -0.39 is 0 Å². The fraction of sp³-hybridized carbons (Fsp3) is 0.417. The van der Waals surface area contributed by atoms with Gasteiger partial charge in [0.15, 0.2) is 0 Å². The standard InChI is InChI=1S/C12H18N2OS/c1-3-7-16-8-6-13-9-11-4-5-12(15-2)14-10-11/h3-5,10,13H,1,6-9H2,2H3. The molecule has 0 fully saturated rings. The van der Waals surface area contributed by atoms with Crippen LogP contribution < -0.4 is 10.1 Å². The maximum atomic E-state index is 4.99. The van der Waals surface area contributed by atoms with E-state index in [0.29, 0.717) is 5.88 Å². The van der Waals surface area contributed by atoms with Crippen molar-refractivity contribution in [2.45, 2.75) is 6.54 Å². The lowest BCUT2D eigenvalue weighted by atomic mass is 10.3. The first-order chi connectivity index (χ1) is 7.86. The van der Waals surface area contributed by atoms with E-state index >= 15 is 0 Å². The molecule has 0 radical (unpaired) electrons. The van der Waals surface area contributed by atoms with E-state index in [0.717, 1.165) is 24.6 Å². The van der Waals surface area contributed by atoms with Crippen molar-refractivity contribution in [3.63, 3.8) is 0 Å². The Bertz CT molecular complexity index is 300. The summed E-state index contributed by atoms with van der Waals surface area (Å²) in [5, 5.41) is 3.36. The molecule has 0 saturated heterocycles. The predicted octanol–water partition coefficient (Wildman–Crippen LogP) is 2.10. The first-order valence-electron chi connectivity index (χ1n) is 5.25. The Morgan fingerprint density at radius 3 is 3.06 bits per heavy atom. The van der Waals surface area contributed by atoms with E-state index in [1.807, 2.05) is 36.2 Å². The third-order valence-electron chi connectivity index (χ3n) is 1.99. The van der Waals surface area contributed by atoms with Crippen LogP contribution in [0, 0.1) is 0 Å². The van der Waals surface area contributed by atoms with E-state index in [1.165, 1.54) is 5.56 Å². The van der Waals surface area contributed by atoms with E-state index in [4.69, 9.17) is 4.74 Å². The molecule has 4 heteroatoms. The maximum absolute atomic E-state index is 4.99. The number of rotatable bonds is 8. The zero-order chi connectivity index (χ0) is 11.6. The van der Waals surface area contributed by atoms with Crippen LogP contribution in [0.5, 0.6) is 5.88 Å². The average Bonchev–Trinajstić information content (AvgIpc) is 2.34. The first kappa shape index (κ1) is 13.1. The lowest BCUT2D eigenvalue weighted by molar-refractivity contribution is 0.397. The Labute approximate surface area is 101 Å². The van der Waals surface area contributed by atoms with E-state index in [-0.39, 0.29) is 0 Å². The van der Waals surface area contributed by atoms with Crippen LogP contribution in [0.2, 0.25) is 0 Å². The van der Waals surface area contributed by atoms with Crippen molar-refractivity contribution < 1.29 is 4.74 Å². The number of pyridine rings is 1. The molecule has 0 atom stereocenters. The fourth-order valence-corrected chi connectivity index (χ4v) is 1.80. The number of hydrogen-bond donors (Lipinski definition) is 1. The first-order valence-corrected chi connectivity index (χ1v) is 6.40. The summed E-state index contributed by atoms with van der Waals surface area (Å²) in [6, 6.07) is 3.90. The molecule has 1 aromatic heterocycles. The smallest absolute Gasteiger partial charge is 0.212 e. The highest BCUT2D eigenvalue weighted by Crippen LogP contribution is 2.06. The van der Waals surface area contributed by atoms with Crippen LogP contribution in [0.15, 0.2) is 31.0 Å². The molecule has 0 bridgehead atoms. The molecule has 0 unspecified atom stereocenters. The predicted molar refractivity (Wildman–Crippen MR) is 70.0 cm³/mol. The van der Waals surface area contributed by atoms with Gasteiger partial charge in [-0.05, 0) is 5.56 Å². The minimum absolute atomic E-state index is 0.658. The van der Waals surface area contributed by atoms with Crippen LogP contribution in [0.4, 0.5) is 0 Å². The second-order valence-corrected chi connectivity index (χ2v) is 4.40. The SMILES string of the molecule is C=CCSCCNCc1ccc(OC)nc1. The molecule has 1 N–H and O–H groups in total. The summed E-state index contributed by atoms with van der Waals surface area (Å²) in [6.45, 7) is 5.54. The van der Waals surface area contributed by atoms with Crippen LogP contribution in [0.1, 0.15) is 5.56 Å². The Kier molecular flexibility index (Phi) is 6.69. The lowest BCUT2D eigenvalue weighted by Crippen LogP contribution is -2.16. The second kappa shape index (κ2) is 8.19. The molecule has 0 spiro atoms. The summed E-state index contributed by atoms with van der Waals surface area (Å²) in [5.74, 6) is 2.78. The second-order valence-electron chi connectivity index (χ2n) is 3.25. The largest absolute Gasteiger partial charge is 0.481 e. The van der Waals surface area contributed by atoms with Crippen molar-refractivity contribution in [3.05, 3.63) is 36.5 Å². The quantitative estimate of drug-likeness (QED) is 0.555. The van der Waals surface area contributed by atoms with Crippen molar-refractivity contribution in [2.24, 2.45) is 0 Å². The Morgan fingerprint density at radius 2 is 2.44 bits per heavy atom. The van der Waals surface area contributed by atoms with Crippen LogP contribution in [-0.4, -0.2) is 30.1 Å². The third kappa shape index (κ3) is 5.19. The summed E-state index contributed by atoms with van der Waals surface area (Å²) >= 11 is 1.88. The van der Waals surface area contributed by atoms with E-state index in [9.17, 15) is 0 Å². The normalized spacial score (nSPS) is 10.1. The van der Waals surface area contributed by atoms with Gasteiger partial charge >= 0.3 is 0 Å². The van der Waals surface area contributed by atoms with E-state index in [2.05, 4.69) is 16.9 Å². The molecule has 1 rings (SSSR count). The molecule has 3 nitrogen and oxygen atoms in total. The zero-order valence-corrected chi connectivity index (χ0v) is 10.4. The summed E-state index contributed by atoms with van der Waals surface area (Å²) in [6.07, 6.45) is 3.76. The Hall–Kier alpha value is -1.00. The maximum Gasteiger partial charge on any atom is 0.212 e. The minimum Gasteiger partial charge on any atom is -0.481 e. The van der Waals surface area contributed by atoms with Crippen molar-refractivity contribution in [1.29, 1.82) is 0 Å². The molecule has 0 aliphatic rings. The molecule has 0 saturated carbocycles. The monoisotopic (exact) mass is 238 g/mol. The number of ether oxygens (including phenoxy) is 1. The van der Waals surface area contributed by atoms with Gasteiger partial charge in [-0.2, -0.15) is 11.8 Å². The molecule has 88 valence electrons. The average molecular weight is 238 g/mol. The van der Waals surface area contributed by atoms with Gasteiger partial charge in [-0.1, -0.05) is 12.1 Å². The van der Waals surface area contributed by atoms with E-state index in [1.54, 1.807) is 7.11 Å². The lowest BCUT2D eigenvalue weighted by Gasteiger charge is -2.04. The molecule has 16 heavy (non-hydrogen) atoms. The summed E-state index contributed by atoms with van der Waals surface area (Å²) in [5.41, 5.74) is 1.18.